The van der Waals surface area contributed by atoms with E-state index >= 15 is 0 Å². The summed E-state index contributed by atoms with van der Waals surface area (Å²) in [4.78, 5) is 5.69. The monoisotopic (exact) mass is 210 g/mol. The number of nitrogens with two attached hydrogens (primary N) is 2. The summed E-state index contributed by atoms with van der Waals surface area (Å²) >= 11 is 0. The topological polar surface area (TPSA) is 117 Å². The summed E-state index contributed by atoms with van der Waals surface area (Å²) < 4.78 is 0.546. The van der Waals surface area contributed by atoms with Crippen LogP contribution >= 0.6 is 0 Å². The van der Waals surface area contributed by atoms with Gasteiger partial charge in [0.1, 0.15) is 5.69 Å². The highest BCUT2D eigenvalue weighted by molar-refractivity contribution is 5.75. The maximum absolute atomic E-state index is 9.43. The van der Waals surface area contributed by atoms with Gasteiger partial charge in [-0.3, -0.25) is 5.41 Å². The second-order valence-electron chi connectivity index (χ2n) is 3.56. The molecule has 1 aromatic heterocycles. The van der Waals surface area contributed by atoms with Gasteiger partial charge in [-0.05, 0) is 12.8 Å². The summed E-state index contributed by atoms with van der Waals surface area (Å²) in [5.41, 5.74) is 11.6. The molecule has 0 aromatic carbocycles. The highest BCUT2D eigenvalue weighted by Crippen LogP contribution is 2.29. The van der Waals surface area contributed by atoms with Crippen molar-refractivity contribution >= 4 is 17.3 Å². The molecular formula is C8H14N6O. The highest BCUT2D eigenvalue weighted by atomic mass is 16.5. The minimum Gasteiger partial charge on any atom is -0.423 e. The Bertz CT molecular complexity index is 433. The smallest absolute Gasteiger partial charge is 0.259 e. The molecule has 7 heteroatoms. The van der Waals surface area contributed by atoms with E-state index in [1.54, 1.807) is 0 Å². The van der Waals surface area contributed by atoms with Crippen LogP contribution in [0, 0.1) is 5.41 Å². The molecule has 7 nitrogen and oxygen atoms in total. The lowest BCUT2D eigenvalue weighted by Crippen LogP contribution is -2.30. The van der Waals surface area contributed by atoms with E-state index in [1.165, 1.54) is 0 Å². The van der Waals surface area contributed by atoms with Gasteiger partial charge in [0.25, 0.3) is 5.62 Å². The fraction of sp³-hybridized carbons (Fsp3) is 0.500. The van der Waals surface area contributed by atoms with Crippen molar-refractivity contribution in [3.63, 3.8) is 0 Å². The van der Waals surface area contributed by atoms with Crippen molar-refractivity contribution in [1.82, 2.24) is 9.71 Å². The zero-order valence-electron chi connectivity index (χ0n) is 8.27. The summed E-state index contributed by atoms with van der Waals surface area (Å²) in [5, 5.41) is 16.7. The van der Waals surface area contributed by atoms with E-state index in [2.05, 4.69) is 4.98 Å². The molecule has 0 atom stereocenters. The Labute approximate surface area is 86.4 Å². The lowest BCUT2D eigenvalue weighted by atomic mass is 10.4. The average Bonchev–Trinajstić information content (AvgIpc) is 2.68. The molecule has 15 heavy (non-hydrogen) atoms. The number of hydrogen-bond donors (Lipinski definition) is 4. The minimum atomic E-state index is -0.354. The van der Waals surface area contributed by atoms with E-state index in [4.69, 9.17) is 16.9 Å². The first-order valence-corrected chi connectivity index (χ1v) is 4.78. The second kappa shape index (κ2) is 3.34. The van der Waals surface area contributed by atoms with Crippen LogP contribution in [0.5, 0.6) is 0 Å². The van der Waals surface area contributed by atoms with E-state index in [-0.39, 0.29) is 17.3 Å². The van der Waals surface area contributed by atoms with Crippen molar-refractivity contribution in [1.29, 1.82) is 5.41 Å². The van der Waals surface area contributed by atoms with Crippen LogP contribution in [-0.4, -0.2) is 28.0 Å². The van der Waals surface area contributed by atoms with Crippen LogP contribution < -0.4 is 22.0 Å². The molecule has 1 aliphatic rings. The van der Waals surface area contributed by atoms with E-state index in [1.807, 2.05) is 4.90 Å². The van der Waals surface area contributed by atoms with Gasteiger partial charge >= 0.3 is 0 Å². The van der Waals surface area contributed by atoms with Crippen molar-refractivity contribution < 1.29 is 5.21 Å². The summed E-state index contributed by atoms with van der Waals surface area (Å²) in [7, 11) is 0. The lowest BCUT2D eigenvalue weighted by molar-refractivity contribution is 0.172. The fourth-order valence-corrected chi connectivity index (χ4v) is 1.82. The molecule has 0 aliphatic carbocycles. The van der Waals surface area contributed by atoms with Crippen molar-refractivity contribution in [3.8, 4) is 0 Å². The SMILES string of the molecule is N=c1nc(N)c(N2CCCC2)c(N)n1O. The van der Waals surface area contributed by atoms with Crippen LogP contribution in [0.1, 0.15) is 12.8 Å². The molecule has 1 aliphatic heterocycles. The Kier molecular flexibility index (Phi) is 2.14. The maximum atomic E-state index is 9.43. The van der Waals surface area contributed by atoms with Crippen molar-refractivity contribution in [2.24, 2.45) is 0 Å². The molecule has 0 bridgehead atoms. The predicted molar refractivity (Wildman–Crippen MR) is 55.5 cm³/mol. The molecule has 2 rings (SSSR count). The number of hydrogen-bond acceptors (Lipinski definition) is 6. The van der Waals surface area contributed by atoms with E-state index in [0.717, 1.165) is 25.9 Å². The Morgan fingerprint density at radius 1 is 1.27 bits per heavy atom. The van der Waals surface area contributed by atoms with E-state index in [0.29, 0.717) is 10.4 Å². The summed E-state index contributed by atoms with van der Waals surface area (Å²) in [6.07, 6.45) is 2.15. The van der Waals surface area contributed by atoms with Gasteiger partial charge in [-0.25, -0.2) is 0 Å². The lowest BCUT2D eigenvalue weighted by Gasteiger charge is -2.21. The third-order valence-corrected chi connectivity index (χ3v) is 2.56. The number of nitrogens with one attached hydrogen (secondary N) is 1. The third kappa shape index (κ3) is 1.45. The number of nitrogens with zero attached hydrogens (tertiary/aromatic N) is 3. The van der Waals surface area contributed by atoms with Gasteiger partial charge in [-0.2, -0.15) is 4.98 Å². The van der Waals surface area contributed by atoms with Gasteiger partial charge < -0.3 is 21.6 Å². The molecule has 0 saturated carbocycles. The van der Waals surface area contributed by atoms with Crippen LogP contribution in [0.15, 0.2) is 0 Å². The third-order valence-electron chi connectivity index (χ3n) is 2.56. The fourth-order valence-electron chi connectivity index (χ4n) is 1.82. The first-order valence-electron chi connectivity index (χ1n) is 4.78. The Morgan fingerprint density at radius 2 is 1.87 bits per heavy atom. The first kappa shape index (κ1) is 9.63. The van der Waals surface area contributed by atoms with Gasteiger partial charge in [0.05, 0.1) is 0 Å². The normalized spacial score (nSPS) is 15.9. The molecule has 0 spiro atoms. The molecule has 1 saturated heterocycles. The molecule has 0 radical (unpaired) electrons. The van der Waals surface area contributed by atoms with E-state index < -0.39 is 0 Å². The first-order chi connectivity index (χ1) is 7.11. The van der Waals surface area contributed by atoms with Crippen LogP contribution in [-0.2, 0) is 0 Å². The zero-order valence-corrected chi connectivity index (χ0v) is 8.27. The van der Waals surface area contributed by atoms with Crippen LogP contribution in [0.3, 0.4) is 0 Å². The molecule has 6 N–H and O–H groups in total. The molecule has 1 aromatic rings. The van der Waals surface area contributed by atoms with Crippen LogP contribution in [0.4, 0.5) is 17.3 Å². The number of nitrogen functional groups attached to an aromatic ring is 2. The maximum Gasteiger partial charge on any atom is 0.259 e. The highest BCUT2D eigenvalue weighted by Gasteiger charge is 2.20. The molecule has 2 heterocycles. The summed E-state index contributed by atoms with van der Waals surface area (Å²) in [5.74, 6) is 0.277. The molecule has 0 amide bonds. The van der Waals surface area contributed by atoms with Gasteiger partial charge in [-0.15, -0.1) is 4.73 Å². The molecule has 0 unspecified atom stereocenters. The van der Waals surface area contributed by atoms with Crippen molar-refractivity contribution in [2.45, 2.75) is 12.8 Å². The Balaban J connectivity index is 2.55. The molecule has 82 valence electrons. The number of aromatic nitrogens is 2. The van der Waals surface area contributed by atoms with E-state index in [9.17, 15) is 5.21 Å². The van der Waals surface area contributed by atoms with Crippen molar-refractivity contribution in [2.75, 3.05) is 29.5 Å². The van der Waals surface area contributed by atoms with Crippen LogP contribution in [0.2, 0.25) is 0 Å². The predicted octanol–water partition coefficient (Wildman–Crippen LogP) is -0.636. The largest absolute Gasteiger partial charge is 0.423 e. The van der Waals surface area contributed by atoms with Gasteiger partial charge in [0.2, 0.25) is 0 Å². The van der Waals surface area contributed by atoms with Gasteiger partial charge in [0, 0.05) is 13.1 Å². The van der Waals surface area contributed by atoms with Crippen LogP contribution in [0.25, 0.3) is 0 Å². The number of anilines is 3. The standard InChI is InChI=1S/C8H14N6O/c9-6-5(13-3-1-2-4-13)7(10)14(15)8(11)12-6/h15H,1-4,10H2,(H3,9,11,12). The van der Waals surface area contributed by atoms with Gasteiger partial charge in [0.15, 0.2) is 11.6 Å². The molecule has 1 fully saturated rings. The summed E-state index contributed by atoms with van der Waals surface area (Å²) in [6, 6.07) is 0. The Hall–Kier alpha value is -1.92. The Morgan fingerprint density at radius 3 is 2.47 bits per heavy atom. The van der Waals surface area contributed by atoms with Gasteiger partial charge in [-0.1, -0.05) is 0 Å². The molecular weight excluding hydrogens is 196 g/mol. The number of rotatable bonds is 1. The zero-order chi connectivity index (χ0) is 11.0. The quantitative estimate of drug-likeness (QED) is 0.460. The average molecular weight is 210 g/mol. The minimum absolute atomic E-state index is 0.0781. The second-order valence-corrected chi connectivity index (χ2v) is 3.56. The summed E-state index contributed by atoms with van der Waals surface area (Å²) in [6.45, 7) is 1.71. The van der Waals surface area contributed by atoms with Crippen molar-refractivity contribution in [3.05, 3.63) is 5.62 Å².